The lowest BCUT2D eigenvalue weighted by molar-refractivity contribution is -0.142. The van der Waals surface area contributed by atoms with Crippen LogP contribution in [0.4, 0.5) is 0 Å². The van der Waals surface area contributed by atoms with E-state index in [1.165, 1.54) is 44.9 Å². The SMILES string of the molecule is CCCCCC/C=C\CCCCCCCC(=O)N[C@@H](CC(C)C)C(=O)O. The van der Waals surface area contributed by atoms with Gasteiger partial charge >= 0.3 is 5.97 Å². The molecular weight excluding hydrogens is 326 g/mol. The van der Waals surface area contributed by atoms with Crippen molar-refractivity contribution in [3.05, 3.63) is 12.2 Å². The molecule has 0 aromatic heterocycles. The van der Waals surface area contributed by atoms with E-state index in [0.29, 0.717) is 12.8 Å². The lowest BCUT2D eigenvalue weighted by Crippen LogP contribution is -2.41. The van der Waals surface area contributed by atoms with Crippen LogP contribution in [0.1, 0.15) is 104 Å². The third-order valence-corrected chi connectivity index (χ3v) is 4.51. The van der Waals surface area contributed by atoms with Crippen molar-refractivity contribution >= 4 is 11.9 Å². The van der Waals surface area contributed by atoms with Crippen LogP contribution in [-0.4, -0.2) is 23.0 Å². The predicted octanol–water partition coefficient (Wildman–Crippen LogP) is 5.86. The van der Waals surface area contributed by atoms with Gasteiger partial charge in [0.1, 0.15) is 6.04 Å². The summed E-state index contributed by atoms with van der Waals surface area (Å²) in [6.45, 7) is 6.16. The standard InChI is InChI=1S/C22H41NO3/c1-4-5-6-7-8-9-10-11-12-13-14-15-16-17-21(24)23-20(22(25)26)18-19(2)3/h9-10,19-20H,4-8,11-18H2,1-3H3,(H,23,24)(H,25,26)/b10-9-/t20-/m0/s1. The highest BCUT2D eigenvalue weighted by Crippen LogP contribution is 2.10. The van der Waals surface area contributed by atoms with Gasteiger partial charge in [-0.2, -0.15) is 0 Å². The molecule has 0 heterocycles. The van der Waals surface area contributed by atoms with Crippen molar-refractivity contribution in [1.29, 1.82) is 0 Å². The number of aliphatic carboxylic acids is 1. The van der Waals surface area contributed by atoms with E-state index in [0.717, 1.165) is 25.7 Å². The number of carbonyl (C=O) groups excluding carboxylic acids is 1. The minimum absolute atomic E-state index is 0.135. The van der Waals surface area contributed by atoms with Gasteiger partial charge in [-0.3, -0.25) is 4.79 Å². The minimum atomic E-state index is -0.939. The Labute approximate surface area is 160 Å². The molecule has 0 unspecified atom stereocenters. The number of carbonyl (C=O) groups is 2. The molecule has 0 aromatic rings. The zero-order chi connectivity index (χ0) is 19.6. The second kappa shape index (κ2) is 17.1. The Morgan fingerprint density at radius 3 is 1.96 bits per heavy atom. The summed E-state index contributed by atoms with van der Waals surface area (Å²) >= 11 is 0. The molecule has 4 heteroatoms. The lowest BCUT2D eigenvalue weighted by Gasteiger charge is -2.16. The van der Waals surface area contributed by atoms with Crippen LogP contribution in [0.3, 0.4) is 0 Å². The van der Waals surface area contributed by atoms with E-state index in [-0.39, 0.29) is 11.8 Å². The van der Waals surface area contributed by atoms with Gasteiger partial charge in [0.2, 0.25) is 5.91 Å². The second-order valence-electron chi connectivity index (χ2n) is 7.72. The number of rotatable bonds is 17. The Kier molecular flexibility index (Phi) is 16.2. The van der Waals surface area contributed by atoms with Crippen LogP contribution >= 0.6 is 0 Å². The molecule has 0 saturated carbocycles. The summed E-state index contributed by atoms with van der Waals surface area (Å²) in [5, 5.41) is 11.8. The van der Waals surface area contributed by atoms with Crippen LogP contribution in [0, 0.1) is 5.92 Å². The number of allylic oxidation sites excluding steroid dienone is 2. The Bertz CT molecular complexity index is 391. The summed E-state index contributed by atoms with van der Waals surface area (Å²) in [5.74, 6) is -0.823. The van der Waals surface area contributed by atoms with Crippen molar-refractivity contribution in [2.24, 2.45) is 5.92 Å². The molecule has 2 N–H and O–H groups in total. The number of nitrogens with one attached hydrogen (secondary N) is 1. The van der Waals surface area contributed by atoms with Crippen LogP contribution in [0.2, 0.25) is 0 Å². The minimum Gasteiger partial charge on any atom is -0.480 e. The third-order valence-electron chi connectivity index (χ3n) is 4.51. The Morgan fingerprint density at radius 2 is 1.42 bits per heavy atom. The van der Waals surface area contributed by atoms with Gasteiger partial charge in [0.05, 0.1) is 0 Å². The molecule has 0 aromatic carbocycles. The maximum atomic E-state index is 11.9. The highest BCUT2D eigenvalue weighted by atomic mass is 16.4. The fourth-order valence-electron chi connectivity index (χ4n) is 2.96. The summed E-state index contributed by atoms with van der Waals surface area (Å²) in [6.07, 6.45) is 18.6. The third kappa shape index (κ3) is 16.2. The van der Waals surface area contributed by atoms with Crippen molar-refractivity contribution < 1.29 is 14.7 Å². The molecule has 0 radical (unpaired) electrons. The zero-order valence-corrected chi connectivity index (χ0v) is 17.3. The molecule has 0 spiro atoms. The molecule has 152 valence electrons. The van der Waals surface area contributed by atoms with Crippen molar-refractivity contribution in [3.8, 4) is 0 Å². The average Bonchev–Trinajstić information content (AvgIpc) is 2.58. The summed E-state index contributed by atoms with van der Waals surface area (Å²) in [5.41, 5.74) is 0. The van der Waals surface area contributed by atoms with Gasteiger partial charge < -0.3 is 10.4 Å². The molecule has 0 aliphatic carbocycles. The lowest BCUT2D eigenvalue weighted by atomic mass is 10.0. The molecule has 0 bridgehead atoms. The molecule has 26 heavy (non-hydrogen) atoms. The van der Waals surface area contributed by atoms with Gasteiger partial charge in [-0.25, -0.2) is 4.79 Å². The van der Waals surface area contributed by atoms with Crippen LogP contribution in [0.5, 0.6) is 0 Å². The van der Waals surface area contributed by atoms with E-state index in [1.807, 2.05) is 13.8 Å². The molecule has 0 saturated heterocycles. The van der Waals surface area contributed by atoms with Gasteiger partial charge in [0.15, 0.2) is 0 Å². The smallest absolute Gasteiger partial charge is 0.326 e. The molecule has 1 amide bonds. The number of unbranched alkanes of at least 4 members (excludes halogenated alkanes) is 9. The molecule has 1 atom stereocenters. The van der Waals surface area contributed by atoms with E-state index < -0.39 is 12.0 Å². The second-order valence-corrected chi connectivity index (χ2v) is 7.72. The predicted molar refractivity (Wildman–Crippen MR) is 109 cm³/mol. The Morgan fingerprint density at radius 1 is 0.885 bits per heavy atom. The fourth-order valence-corrected chi connectivity index (χ4v) is 2.96. The van der Waals surface area contributed by atoms with E-state index in [1.54, 1.807) is 0 Å². The van der Waals surface area contributed by atoms with Crippen LogP contribution in [0.15, 0.2) is 12.2 Å². The Hall–Kier alpha value is -1.32. The van der Waals surface area contributed by atoms with E-state index in [9.17, 15) is 9.59 Å². The van der Waals surface area contributed by atoms with Crippen molar-refractivity contribution in [2.45, 2.75) is 110 Å². The number of carboxylic acid groups (broad SMARTS) is 1. The molecule has 0 aliphatic rings. The fraction of sp³-hybridized carbons (Fsp3) is 0.818. The first-order valence-corrected chi connectivity index (χ1v) is 10.6. The molecule has 4 nitrogen and oxygen atoms in total. The van der Waals surface area contributed by atoms with Crippen LogP contribution < -0.4 is 5.32 Å². The van der Waals surface area contributed by atoms with Gasteiger partial charge in [-0.1, -0.05) is 71.4 Å². The van der Waals surface area contributed by atoms with E-state index in [4.69, 9.17) is 5.11 Å². The molecular formula is C22H41NO3. The summed E-state index contributed by atoms with van der Waals surface area (Å²) in [4.78, 5) is 23.0. The highest BCUT2D eigenvalue weighted by Gasteiger charge is 2.20. The summed E-state index contributed by atoms with van der Waals surface area (Å²) in [7, 11) is 0. The number of amides is 1. The first kappa shape index (κ1) is 24.7. The molecule has 0 fully saturated rings. The normalized spacial score (nSPS) is 12.6. The van der Waals surface area contributed by atoms with Crippen LogP contribution in [-0.2, 0) is 9.59 Å². The quantitative estimate of drug-likeness (QED) is 0.250. The highest BCUT2D eigenvalue weighted by molar-refractivity contribution is 5.83. The van der Waals surface area contributed by atoms with E-state index in [2.05, 4.69) is 24.4 Å². The Balaban J connectivity index is 3.55. The van der Waals surface area contributed by atoms with Crippen molar-refractivity contribution in [1.82, 2.24) is 5.32 Å². The molecule has 0 rings (SSSR count). The van der Waals surface area contributed by atoms with Crippen LogP contribution in [0.25, 0.3) is 0 Å². The first-order valence-electron chi connectivity index (χ1n) is 10.6. The first-order chi connectivity index (χ1) is 12.5. The van der Waals surface area contributed by atoms with Gasteiger partial charge in [0.25, 0.3) is 0 Å². The monoisotopic (exact) mass is 367 g/mol. The van der Waals surface area contributed by atoms with E-state index >= 15 is 0 Å². The van der Waals surface area contributed by atoms with Crippen molar-refractivity contribution in [2.75, 3.05) is 0 Å². The molecule has 0 aliphatic heterocycles. The number of hydrogen-bond donors (Lipinski definition) is 2. The summed E-state index contributed by atoms with van der Waals surface area (Å²) < 4.78 is 0. The number of carboxylic acids is 1. The van der Waals surface area contributed by atoms with Crippen molar-refractivity contribution in [3.63, 3.8) is 0 Å². The average molecular weight is 368 g/mol. The van der Waals surface area contributed by atoms with Gasteiger partial charge in [-0.05, 0) is 44.4 Å². The van der Waals surface area contributed by atoms with Gasteiger partial charge in [0, 0.05) is 6.42 Å². The summed E-state index contributed by atoms with van der Waals surface area (Å²) in [6, 6.07) is -0.753. The topological polar surface area (TPSA) is 66.4 Å². The zero-order valence-electron chi connectivity index (χ0n) is 17.3. The largest absolute Gasteiger partial charge is 0.480 e. The maximum absolute atomic E-state index is 11.9. The maximum Gasteiger partial charge on any atom is 0.326 e. The number of hydrogen-bond acceptors (Lipinski definition) is 2. The van der Waals surface area contributed by atoms with Gasteiger partial charge in [-0.15, -0.1) is 0 Å².